The molecule has 0 atom stereocenters. The Labute approximate surface area is 155 Å². The van der Waals surface area contributed by atoms with Crippen molar-refractivity contribution >= 4 is 39.8 Å². The van der Waals surface area contributed by atoms with E-state index in [1.54, 1.807) is 6.08 Å². The second-order valence-corrected chi connectivity index (χ2v) is 7.16. The van der Waals surface area contributed by atoms with Crippen LogP contribution in [-0.4, -0.2) is 27.0 Å². The van der Waals surface area contributed by atoms with Gasteiger partial charge in [-0.2, -0.15) is 15.1 Å². The predicted molar refractivity (Wildman–Crippen MR) is 106 cm³/mol. The van der Waals surface area contributed by atoms with E-state index >= 15 is 0 Å². The van der Waals surface area contributed by atoms with E-state index < -0.39 is 5.91 Å². The molecule has 2 aromatic carbocycles. The van der Waals surface area contributed by atoms with Crippen molar-refractivity contribution in [2.24, 2.45) is 10.1 Å². The van der Waals surface area contributed by atoms with Crippen LogP contribution in [0.1, 0.15) is 22.3 Å². The third-order valence-corrected chi connectivity index (χ3v) is 5.06. The first-order chi connectivity index (χ1) is 12.5. The first-order valence-electron chi connectivity index (χ1n) is 8.15. The first-order valence-corrected chi connectivity index (χ1v) is 8.97. The van der Waals surface area contributed by atoms with Gasteiger partial charge in [0.2, 0.25) is 5.17 Å². The van der Waals surface area contributed by atoms with Gasteiger partial charge >= 0.3 is 0 Å². The van der Waals surface area contributed by atoms with E-state index in [-0.39, 0.29) is 11.4 Å². The third-order valence-electron chi connectivity index (χ3n) is 4.11. The molecule has 0 saturated heterocycles. The zero-order chi connectivity index (χ0) is 18.3. The number of hydrogen-bond acceptors (Lipinski definition) is 4. The summed E-state index contributed by atoms with van der Waals surface area (Å²) >= 11 is 1.31. The van der Waals surface area contributed by atoms with Gasteiger partial charge in [-0.05, 0) is 37.2 Å². The van der Waals surface area contributed by atoms with Crippen LogP contribution in [-0.2, 0) is 4.79 Å². The van der Waals surface area contributed by atoms with Gasteiger partial charge in [-0.1, -0.05) is 59.7 Å². The molecule has 2 heterocycles. The van der Waals surface area contributed by atoms with Crippen molar-refractivity contribution in [1.29, 1.82) is 5.41 Å². The van der Waals surface area contributed by atoms with Crippen LogP contribution < -0.4 is 0 Å². The summed E-state index contributed by atoms with van der Waals surface area (Å²) in [6.07, 6.45) is 1.70. The average molecular weight is 360 g/mol. The van der Waals surface area contributed by atoms with Crippen molar-refractivity contribution in [3.8, 4) is 0 Å². The summed E-state index contributed by atoms with van der Waals surface area (Å²) in [4.78, 5) is 16.6. The van der Waals surface area contributed by atoms with Gasteiger partial charge in [0.05, 0.1) is 5.57 Å². The van der Waals surface area contributed by atoms with E-state index in [2.05, 4.69) is 10.1 Å². The number of thioether (sulfide) groups is 1. The molecule has 26 heavy (non-hydrogen) atoms. The molecule has 2 aliphatic heterocycles. The smallest absolute Gasteiger partial charge is 0.282 e. The Balaban J connectivity index is 1.69. The summed E-state index contributed by atoms with van der Waals surface area (Å²) in [5, 5.41) is 15.5. The number of carbonyl (C=O) groups is 1. The highest BCUT2D eigenvalue weighted by molar-refractivity contribution is 8.27. The van der Waals surface area contributed by atoms with Crippen molar-refractivity contribution in [3.63, 3.8) is 0 Å². The summed E-state index contributed by atoms with van der Waals surface area (Å²) in [6, 6.07) is 15.8. The normalized spacial score (nSPS) is 18.1. The number of benzene rings is 2. The van der Waals surface area contributed by atoms with Crippen molar-refractivity contribution in [2.75, 3.05) is 0 Å². The molecular weight excluding hydrogens is 344 g/mol. The minimum absolute atomic E-state index is 0.0520. The lowest BCUT2D eigenvalue weighted by molar-refractivity contribution is -0.114. The van der Waals surface area contributed by atoms with Crippen LogP contribution in [0.4, 0.5) is 0 Å². The third kappa shape index (κ3) is 2.99. The number of aryl methyl sites for hydroxylation is 2. The van der Waals surface area contributed by atoms with E-state index in [1.165, 1.54) is 22.3 Å². The summed E-state index contributed by atoms with van der Waals surface area (Å²) in [6.45, 7) is 4.01. The van der Waals surface area contributed by atoms with Crippen molar-refractivity contribution in [3.05, 3.63) is 76.4 Å². The van der Waals surface area contributed by atoms with Crippen molar-refractivity contribution in [1.82, 2.24) is 5.01 Å². The second-order valence-electron chi connectivity index (χ2n) is 6.21. The highest BCUT2D eigenvalue weighted by Gasteiger charge is 2.35. The van der Waals surface area contributed by atoms with Crippen LogP contribution in [0.15, 0.2) is 64.2 Å². The maximum absolute atomic E-state index is 12.4. The number of hydrogen-bond donors (Lipinski definition) is 1. The molecule has 6 heteroatoms. The maximum atomic E-state index is 12.4. The van der Waals surface area contributed by atoms with E-state index in [0.29, 0.717) is 5.17 Å². The molecule has 1 amide bonds. The lowest BCUT2D eigenvalue weighted by atomic mass is 10.1. The summed E-state index contributed by atoms with van der Waals surface area (Å²) in [7, 11) is 0. The zero-order valence-corrected chi connectivity index (χ0v) is 15.2. The summed E-state index contributed by atoms with van der Waals surface area (Å²) < 4.78 is 0. The van der Waals surface area contributed by atoms with Gasteiger partial charge < -0.3 is 0 Å². The van der Waals surface area contributed by atoms with Crippen LogP contribution in [0.3, 0.4) is 0 Å². The molecule has 0 aliphatic carbocycles. The first kappa shape index (κ1) is 16.5. The predicted octanol–water partition coefficient (Wildman–Crippen LogP) is 3.97. The SMILES string of the molecule is Cc1ccc(C2=NN3C(=N)/C(=C/c4cccc(C)c4)C(=O)N=C3S2)cc1. The Morgan fingerprint density at radius 3 is 2.58 bits per heavy atom. The number of nitrogens with zero attached hydrogens (tertiary/aromatic N) is 3. The topological polar surface area (TPSA) is 68.9 Å². The van der Waals surface area contributed by atoms with Gasteiger partial charge in [0.1, 0.15) is 5.04 Å². The van der Waals surface area contributed by atoms with Gasteiger partial charge in [-0.3, -0.25) is 10.2 Å². The molecule has 0 bridgehead atoms. The van der Waals surface area contributed by atoms with Crippen LogP contribution >= 0.6 is 11.8 Å². The Hall–Kier alpha value is -2.99. The number of amidine groups is 2. The molecule has 0 aromatic heterocycles. The fourth-order valence-electron chi connectivity index (χ4n) is 2.73. The molecule has 128 valence electrons. The lowest BCUT2D eigenvalue weighted by Gasteiger charge is -2.20. The van der Waals surface area contributed by atoms with E-state index in [4.69, 9.17) is 5.41 Å². The Morgan fingerprint density at radius 2 is 1.85 bits per heavy atom. The quantitative estimate of drug-likeness (QED) is 0.824. The standard InChI is InChI=1S/C20H16N4OS/c1-12-6-8-15(9-7-12)19-23-24-17(21)16(18(25)22-20(24)26-19)11-14-5-3-4-13(2)10-14/h3-11,21H,1-2H3/b16-11-,21-17?. The monoisotopic (exact) mass is 360 g/mol. The van der Waals surface area contributed by atoms with Gasteiger partial charge in [0, 0.05) is 5.56 Å². The molecule has 0 spiro atoms. The number of aliphatic imine (C=N–C) groups is 1. The number of carbonyl (C=O) groups excluding carboxylic acids is 1. The minimum atomic E-state index is -0.407. The van der Waals surface area contributed by atoms with Crippen LogP contribution in [0.5, 0.6) is 0 Å². The Morgan fingerprint density at radius 1 is 1.08 bits per heavy atom. The zero-order valence-electron chi connectivity index (χ0n) is 14.4. The van der Waals surface area contributed by atoms with Gasteiger partial charge in [-0.25, -0.2) is 0 Å². The van der Waals surface area contributed by atoms with Gasteiger partial charge in [-0.15, -0.1) is 0 Å². The molecule has 0 unspecified atom stereocenters. The number of fused-ring (bicyclic) bond motifs is 1. The van der Waals surface area contributed by atoms with Crippen LogP contribution in [0.2, 0.25) is 0 Å². The molecule has 4 rings (SSSR count). The Bertz CT molecular complexity index is 1020. The molecule has 2 aromatic rings. The van der Waals surface area contributed by atoms with E-state index in [9.17, 15) is 4.79 Å². The highest BCUT2D eigenvalue weighted by atomic mass is 32.2. The lowest BCUT2D eigenvalue weighted by Crippen LogP contribution is -2.35. The van der Waals surface area contributed by atoms with Crippen molar-refractivity contribution < 1.29 is 4.79 Å². The largest absolute Gasteiger partial charge is 0.283 e. The molecule has 0 saturated carbocycles. The molecule has 0 radical (unpaired) electrons. The molecule has 2 aliphatic rings. The minimum Gasteiger partial charge on any atom is -0.282 e. The fraction of sp³-hybridized carbons (Fsp3) is 0.100. The van der Waals surface area contributed by atoms with E-state index in [0.717, 1.165) is 21.7 Å². The fourth-order valence-corrected chi connectivity index (χ4v) is 3.63. The molecular formula is C20H16N4OS. The Kier molecular flexibility index (Phi) is 4.05. The van der Waals surface area contributed by atoms with Gasteiger partial charge in [0.15, 0.2) is 5.84 Å². The second kappa shape index (κ2) is 6.38. The number of hydrazone groups is 1. The molecule has 0 fully saturated rings. The maximum Gasteiger partial charge on any atom is 0.283 e. The van der Waals surface area contributed by atoms with Gasteiger partial charge in [0.25, 0.3) is 5.91 Å². The number of amides is 1. The van der Waals surface area contributed by atoms with E-state index in [1.807, 2.05) is 62.4 Å². The summed E-state index contributed by atoms with van der Waals surface area (Å²) in [5.41, 5.74) is 4.32. The average Bonchev–Trinajstić information content (AvgIpc) is 3.03. The number of rotatable bonds is 2. The van der Waals surface area contributed by atoms with Crippen LogP contribution in [0.25, 0.3) is 6.08 Å². The van der Waals surface area contributed by atoms with Crippen LogP contribution in [0, 0.1) is 19.3 Å². The molecule has 1 N–H and O–H groups in total. The number of nitrogens with one attached hydrogen (secondary N) is 1. The highest BCUT2D eigenvalue weighted by Crippen LogP contribution is 2.31. The van der Waals surface area contributed by atoms with Crippen molar-refractivity contribution in [2.45, 2.75) is 13.8 Å². The summed E-state index contributed by atoms with van der Waals surface area (Å²) in [5.74, 6) is -0.355. The molecule has 5 nitrogen and oxygen atoms in total.